The van der Waals surface area contributed by atoms with Crippen molar-refractivity contribution in [1.29, 1.82) is 0 Å². The van der Waals surface area contributed by atoms with Crippen LogP contribution < -0.4 is 5.73 Å². The monoisotopic (exact) mass is 177 g/mol. The molecule has 0 saturated heterocycles. The second-order valence-electron chi connectivity index (χ2n) is 3.72. The van der Waals surface area contributed by atoms with Crippen LogP contribution in [0.5, 0.6) is 0 Å². The molecule has 1 aliphatic carbocycles. The standard InChI is InChI=1S/C11H15NO/c12-6-8-4-9-2-1-3-10(7-13)11(9)5-8/h1-3,8,13H,4-7,12H2. The van der Waals surface area contributed by atoms with Gasteiger partial charge in [-0.3, -0.25) is 0 Å². The molecule has 0 saturated carbocycles. The summed E-state index contributed by atoms with van der Waals surface area (Å²) in [6.45, 7) is 0.903. The molecule has 2 nitrogen and oxygen atoms in total. The third-order valence-corrected chi connectivity index (χ3v) is 2.88. The van der Waals surface area contributed by atoms with Crippen LogP contribution in [0.2, 0.25) is 0 Å². The topological polar surface area (TPSA) is 46.2 Å². The lowest BCUT2D eigenvalue weighted by Crippen LogP contribution is -2.13. The van der Waals surface area contributed by atoms with Crippen LogP contribution >= 0.6 is 0 Å². The Morgan fingerprint density at radius 3 is 2.92 bits per heavy atom. The van der Waals surface area contributed by atoms with Gasteiger partial charge in [-0.2, -0.15) is 0 Å². The number of aliphatic hydroxyl groups is 1. The molecule has 1 atom stereocenters. The fraction of sp³-hybridized carbons (Fsp3) is 0.455. The van der Waals surface area contributed by atoms with E-state index in [9.17, 15) is 0 Å². The first-order valence-electron chi connectivity index (χ1n) is 4.75. The van der Waals surface area contributed by atoms with Gasteiger partial charge in [0.2, 0.25) is 0 Å². The Bertz CT molecular complexity index is 309. The summed E-state index contributed by atoms with van der Waals surface area (Å²) in [4.78, 5) is 0. The zero-order valence-electron chi connectivity index (χ0n) is 7.66. The Morgan fingerprint density at radius 2 is 2.23 bits per heavy atom. The van der Waals surface area contributed by atoms with E-state index in [-0.39, 0.29) is 6.61 Å². The van der Waals surface area contributed by atoms with Crippen LogP contribution in [0.15, 0.2) is 18.2 Å². The molecule has 3 N–H and O–H groups in total. The third-order valence-electron chi connectivity index (χ3n) is 2.88. The summed E-state index contributed by atoms with van der Waals surface area (Å²) in [7, 11) is 0. The van der Waals surface area contributed by atoms with Crippen molar-refractivity contribution in [3.63, 3.8) is 0 Å². The maximum atomic E-state index is 9.13. The number of hydrogen-bond donors (Lipinski definition) is 2. The first-order valence-corrected chi connectivity index (χ1v) is 4.75. The van der Waals surface area contributed by atoms with Crippen molar-refractivity contribution in [3.05, 3.63) is 34.9 Å². The minimum Gasteiger partial charge on any atom is -0.392 e. The summed E-state index contributed by atoms with van der Waals surface area (Å²) in [5.74, 6) is 0.586. The fourth-order valence-corrected chi connectivity index (χ4v) is 2.13. The van der Waals surface area contributed by atoms with Gasteiger partial charge in [-0.1, -0.05) is 18.2 Å². The van der Waals surface area contributed by atoms with Crippen LogP contribution in [0, 0.1) is 5.92 Å². The predicted octanol–water partition coefficient (Wildman–Crippen LogP) is 0.852. The van der Waals surface area contributed by atoms with Gasteiger partial charge in [-0.15, -0.1) is 0 Å². The molecule has 1 aromatic carbocycles. The van der Waals surface area contributed by atoms with E-state index in [1.54, 1.807) is 0 Å². The summed E-state index contributed by atoms with van der Waals surface area (Å²) in [5.41, 5.74) is 9.43. The molecule has 2 rings (SSSR count). The van der Waals surface area contributed by atoms with Crippen molar-refractivity contribution < 1.29 is 5.11 Å². The number of fused-ring (bicyclic) bond motifs is 1. The molecule has 13 heavy (non-hydrogen) atoms. The average molecular weight is 177 g/mol. The largest absolute Gasteiger partial charge is 0.392 e. The lowest BCUT2D eigenvalue weighted by Gasteiger charge is -2.04. The molecule has 1 aliphatic rings. The highest BCUT2D eigenvalue weighted by Crippen LogP contribution is 2.28. The summed E-state index contributed by atoms with van der Waals surface area (Å²) in [5, 5.41) is 9.13. The number of aliphatic hydroxyl groups excluding tert-OH is 1. The van der Waals surface area contributed by atoms with Crippen molar-refractivity contribution >= 4 is 0 Å². The molecule has 0 aromatic heterocycles. The second kappa shape index (κ2) is 3.48. The smallest absolute Gasteiger partial charge is 0.0684 e. The van der Waals surface area contributed by atoms with Crippen LogP contribution in [0.25, 0.3) is 0 Å². The highest BCUT2D eigenvalue weighted by molar-refractivity contribution is 5.39. The van der Waals surface area contributed by atoms with E-state index in [4.69, 9.17) is 10.8 Å². The zero-order chi connectivity index (χ0) is 9.26. The van der Waals surface area contributed by atoms with E-state index in [2.05, 4.69) is 6.07 Å². The lowest BCUT2D eigenvalue weighted by atomic mass is 10.0. The normalized spacial score (nSPS) is 20.3. The molecule has 0 bridgehead atoms. The molecule has 70 valence electrons. The molecule has 2 heteroatoms. The number of benzene rings is 1. The zero-order valence-corrected chi connectivity index (χ0v) is 7.66. The minimum absolute atomic E-state index is 0.153. The van der Waals surface area contributed by atoms with Crippen LogP contribution in [0.4, 0.5) is 0 Å². The Morgan fingerprint density at radius 1 is 1.38 bits per heavy atom. The SMILES string of the molecule is NCC1Cc2cccc(CO)c2C1. The van der Waals surface area contributed by atoms with Gasteiger partial charge >= 0.3 is 0 Å². The van der Waals surface area contributed by atoms with Gasteiger partial charge in [0, 0.05) is 0 Å². The molecule has 0 radical (unpaired) electrons. The maximum Gasteiger partial charge on any atom is 0.0684 e. The van der Waals surface area contributed by atoms with E-state index in [0.29, 0.717) is 5.92 Å². The van der Waals surface area contributed by atoms with Gasteiger partial charge in [0.1, 0.15) is 0 Å². The van der Waals surface area contributed by atoms with Gasteiger partial charge in [-0.25, -0.2) is 0 Å². The summed E-state index contributed by atoms with van der Waals surface area (Å²) < 4.78 is 0. The van der Waals surface area contributed by atoms with Crippen molar-refractivity contribution in [3.8, 4) is 0 Å². The average Bonchev–Trinajstić information content (AvgIpc) is 2.59. The number of nitrogens with two attached hydrogens (primary N) is 1. The second-order valence-corrected chi connectivity index (χ2v) is 3.72. The fourth-order valence-electron chi connectivity index (χ4n) is 2.13. The molecule has 1 aromatic rings. The minimum atomic E-state index is 0.153. The molecule has 0 heterocycles. The number of hydrogen-bond acceptors (Lipinski definition) is 2. The Hall–Kier alpha value is -0.860. The molecule has 1 unspecified atom stereocenters. The van der Waals surface area contributed by atoms with E-state index in [0.717, 1.165) is 24.9 Å². The molecular weight excluding hydrogens is 162 g/mol. The Kier molecular flexibility index (Phi) is 2.34. The van der Waals surface area contributed by atoms with Gasteiger partial charge in [0.15, 0.2) is 0 Å². The first-order chi connectivity index (χ1) is 6.35. The van der Waals surface area contributed by atoms with E-state index in [1.165, 1.54) is 11.1 Å². The molecule has 0 amide bonds. The van der Waals surface area contributed by atoms with E-state index >= 15 is 0 Å². The quantitative estimate of drug-likeness (QED) is 0.703. The lowest BCUT2D eigenvalue weighted by molar-refractivity contribution is 0.280. The number of rotatable bonds is 2. The van der Waals surface area contributed by atoms with Gasteiger partial charge in [-0.05, 0) is 42.0 Å². The maximum absolute atomic E-state index is 9.13. The van der Waals surface area contributed by atoms with Gasteiger partial charge in [0.25, 0.3) is 0 Å². The van der Waals surface area contributed by atoms with E-state index < -0.39 is 0 Å². The van der Waals surface area contributed by atoms with Crippen molar-refractivity contribution in [1.82, 2.24) is 0 Å². The molecule has 0 aliphatic heterocycles. The van der Waals surface area contributed by atoms with Crippen LogP contribution in [0.3, 0.4) is 0 Å². The first kappa shape index (κ1) is 8.73. The molecular formula is C11H15NO. The van der Waals surface area contributed by atoms with E-state index in [1.807, 2.05) is 12.1 Å². The van der Waals surface area contributed by atoms with Crippen LogP contribution in [-0.4, -0.2) is 11.7 Å². The third kappa shape index (κ3) is 1.47. The van der Waals surface area contributed by atoms with Crippen LogP contribution in [-0.2, 0) is 19.4 Å². The van der Waals surface area contributed by atoms with Gasteiger partial charge in [0.05, 0.1) is 6.61 Å². The van der Waals surface area contributed by atoms with Crippen molar-refractivity contribution in [2.45, 2.75) is 19.4 Å². The van der Waals surface area contributed by atoms with Crippen molar-refractivity contribution in [2.24, 2.45) is 11.7 Å². The summed E-state index contributed by atoms with van der Waals surface area (Å²) >= 11 is 0. The summed E-state index contributed by atoms with van der Waals surface area (Å²) in [6, 6.07) is 6.16. The summed E-state index contributed by atoms with van der Waals surface area (Å²) in [6.07, 6.45) is 2.13. The molecule has 0 fully saturated rings. The van der Waals surface area contributed by atoms with Crippen molar-refractivity contribution in [2.75, 3.05) is 6.54 Å². The van der Waals surface area contributed by atoms with Gasteiger partial charge < -0.3 is 10.8 Å². The Balaban J connectivity index is 2.33. The van der Waals surface area contributed by atoms with Crippen LogP contribution in [0.1, 0.15) is 16.7 Å². The highest BCUT2D eigenvalue weighted by Gasteiger charge is 2.21. The molecule has 0 spiro atoms. The highest BCUT2D eigenvalue weighted by atomic mass is 16.3. The predicted molar refractivity (Wildman–Crippen MR) is 52.3 cm³/mol. The Labute approximate surface area is 78.4 Å².